The fraction of sp³-hybridized carbons (Fsp3) is 0.588. The van der Waals surface area contributed by atoms with Gasteiger partial charge in [-0.2, -0.15) is 0 Å². The molecule has 0 bridgehead atoms. The van der Waals surface area contributed by atoms with E-state index in [9.17, 15) is 4.79 Å². The number of benzene rings is 1. The lowest BCUT2D eigenvalue weighted by Gasteiger charge is -2.32. The molecule has 0 fully saturated rings. The molecule has 0 N–H and O–H groups in total. The third-order valence-electron chi connectivity index (χ3n) is 3.88. The first-order valence-corrected chi connectivity index (χ1v) is 7.14. The summed E-state index contributed by atoms with van der Waals surface area (Å²) in [5.41, 5.74) is 2.54. The Kier molecular flexibility index (Phi) is 5.74. The normalized spacial score (nSPS) is 13.3. The Balaban J connectivity index is 2.98. The number of rotatable bonds is 6. The van der Waals surface area contributed by atoms with Gasteiger partial charge in [-0.1, -0.05) is 38.1 Å². The van der Waals surface area contributed by atoms with Crippen molar-refractivity contribution in [3.05, 3.63) is 35.4 Å². The van der Waals surface area contributed by atoms with Crippen molar-refractivity contribution in [2.75, 3.05) is 7.05 Å². The highest BCUT2D eigenvalue weighted by molar-refractivity contribution is 5.86. The summed E-state index contributed by atoms with van der Waals surface area (Å²) >= 11 is 0. The van der Waals surface area contributed by atoms with Crippen molar-refractivity contribution in [2.45, 2.75) is 53.1 Å². The predicted molar refractivity (Wildman–Crippen MR) is 81.4 cm³/mol. The maximum Gasteiger partial charge on any atom is 0.152 e. The van der Waals surface area contributed by atoms with Gasteiger partial charge in [-0.05, 0) is 45.4 Å². The number of nitrogens with zero attached hydrogens (tertiary/aromatic N) is 1. The summed E-state index contributed by atoms with van der Waals surface area (Å²) in [6, 6.07) is 8.68. The van der Waals surface area contributed by atoms with Crippen LogP contribution in [0, 0.1) is 12.8 Å². The van der Waals surface area contributed by atoms with Gasteiger partial charge >= 0.3 is 0 Å². The Morgan fingerprint density at radius 1 is 1.16 bits per heavy atom. The highest BCUT2D eigenvalue weighted by atomic mass is 16.1. The second-order valence-corrected chi connectivity index (χ2v) is 5.96. The summed E-state index contributed by atoms with van der Waals surface area (Å²) in [4.78, 5) is 14.7. The van der Waals surface area contributed by atoms with Crippen LogP contribution >= 0.6 is 0 Å². The Morgan fingerprint density at radius 2 is 1.74 bits per heavy atom. The predicted octanol–water partition coefficient (Wildman–Crippen LogP) is 3.47. The van der Waals surface area contributed by atoms with Crippen molar-refractivity contribution in [1.29, 1.82) is 0 Å². The van der Waals surface area contributed by atoms with Crippen LogP contribution in [-0.2, 0) is 11.2 Å². The molecule has 2 nitrogen and oxygen atoms in total. The number of ketones is 1. The van der Waals surface area contributed by atoms with Crippen LogP contribution in [0.25, 0.3) is 0 Å². The molecule has 0 radical (unpaired) electrons. The second-order valence-electron chi connectivity index (χ2n) is 5.96. The van der Waals surface area contributed by atoms with E-state index in [4.69, 9.17) is 0 Å². The van der Waals surface area contributed by atoms with Crippen LogP contribution in [-0.4, -0.2) is 29.8 Å². The Labute approximate surface area is 117 Å². The first-order valence-electron chi connectivity index (χ1n) is 7.14. The molecular formula is C17H27NO. The number of carbonyl (C=O) groups excluding carboxylic acids is 1. The van der Waals surface area contributed by atoms with E-state index in [1.807, 2.05) is 27.0 Å². The minimum Gasteiger partial charge on any atom is -0.298 e. The smallest absolute Gasteiger partial charge is 0.152 e. The number of hydrogen-bond donors (Lipinski definition) is 0. The van der Waals surface area contributed by atoms with E-state index < -0.39 is 0 Å². The summed E-state index contributed by atoms with van der Waals surface area (Å²) in [7, 11) is 2.05. The Morgan fingerprint density at radius 3 is 2.21 bits per heavy atom. The second kappa shape index (κ2) is 6.85. The van der Waals surface area contributed by atoms with Gasteiger partial charge in [-0.3, -0.25) is 9.69 Å². The fourth-order valence-electron chi connectivity index (χ4n) is 2.24. The molecule has 0 saturated heterocycles. The minimum absolute atomic E-state index is 0.0268. The molecule has 1 aromatic carbocycles. The van der Waals surface area contributed by atoms with Crippen LogP contribution in [0.5, 0.6) is 0 Å². The zero-order chi connectivity index (χ0) is 14.6. The monoisotopic (exact) mass is 261 g/mol. The van der Waals surface area contributed by atoms with E-state index >= 15 is 0 Å². The number of hydrogen-bond acceptors (Lipinski definition) is 2. The summed E-state index contributed by atoms with van der Waals surface area (Å²) in [6.07, 6.45) is 0.804. The SMILES string of the molecule is Cc1ccccc1CC(C(=O)C(C)C)N(C)C(C)C. The van der Waals surface area contributed by atoms with Crippen LogP contribution in [0.3, 0.4) is 0 Å². The van der Waals surface area contributed by atoms with Gasteiger partial charge < -0.3 is 0 Å². The molecule has 0 aliphatic rings. The maximum atomic E-state index is 12.5. The third kappa shape index (κ3) is 4.17. The van der Waals surface area contributed by atoms with Gasteiger partial charge in [0.15, 0.2) is 5.78 Å². The highest BCUT2D eigenvalue weighted by Gasteiger charge is 2.27. The topological polar surface area (TPSA) is 20.3 Å². The van der Waals surface area contributed by atoms with E-state index in [0.29, 0.717) is 11.8 Å². The third-order valence-corrected chi connectivity index (χ3v) is 3.88. The van der Waals surface area contributed by atoms with Crippen molar-refractivity contribution in [1.82, 2.24) is 4.90 Å². The molecule has 0 aliphatic carbocycles. The summed E-state index contributed by atoms with van der Waals surface area (Å²) in [5, 5.41) is 0. The van der Waals surface area contributed by atoms with Crippen LogP contribution in [0.2, 0.25) is 0 Å². The van der Waals surface area contributed by atoms with Gasteiger partial charge in [0, 0.05) is 12.0 Å². The van der Waals surface area contributed by atoms with Crippen LogP contribution < -0.4 is 0 Å². The molecule has 0 aliphatic heterocycles. The standard InChI is InChI=1S/C17H27NO/c1-12(2)17(19)16(18(6)13(3)4)11-15-10-8-7-9-14(15)5/h7-10,12-13,16H,11H2,1-6H3. The average molecular weight is 261 g/mol. The van der Waals surface area contributed by atoms with Gasteiger partial charge in [0.2, 0.25) is 0 Å². The molecule has 1 unspecified atom stereocenters. The molecule has 106 valence electrons. The average Bonchev–Trinajstić information content (AvgIpc) is 2.36. The molecule has 0 saturated carbocycles. The molecule has 0 spiro atoms. The molecule has 0 heterocycles. The lowest BCUT2D eigenvalue weighted by molar-refractivity contribution is -0.127. The highest BCUT2D eigenvalue weighted by Crippen LogP contribution is 2.17. The molecule has 0 amide bonds. The lowest BCUT2D eigenvalue weighted by Crippen LogP contribution is -2.45. The van der Waals surface area contributed by atoms with Crippen molar-refractivity contribution >= 4 is 5.78 Å². The van der Waals surface area contributed by atoms with Crippen molar-refractivity contribution in [3.63, 3.8) is 0 Å². The summed E-state index contributed by atoms with van der Waals surface area (Å²) < 4.78 is 0. The Bertz CT molecular complexity index is 423. The van der Waals surface area contributed by atoms with E-state index in [-0.39, 0.29) is 12.0 Å². The fourth-order valence-corrected chi connectivity index (χ4v) is 2.24. The first kappa shape index (κ1) is 15.9. The molecule has 0 aromatic heterocycles. The summed E-state index contributed by atoms with van der Waals surface area (Å²) in [6.45, 7) is 10.4. The number of aryl methyl sites for hydroxylation is 1. The first-order chi connectivity index (χ1) is 8.84. The van der Waals surface area contributed by atoms with Crippen molar-refractivity contribution in [3.8, 4) is 0 Å². The van der Waals surface area contributed by atoms with Gasteiger partial charge in [0.25, 0.3) is 0 Å². The van der Waals surface area contributed by atoms with Gasteiger partial charge in [-0.15, -0.1) is 0 Å². The largest absolute Gasteiger partial charge is 0.298 e. The molecule has 2 heteroatoms. The minimum atomic E-state index is -0.0268. The maximum absolute atomic E-state index is 12.5. The number of Topliss-reactive ketones (excluding diaryl/α,β-unsaturated/α-hetero) is 1. The molecule has 1 atom stereocenters. The molecule has 1 rings (SSSR count). The van der Waals surface area contributed by atoms with E-state index in [0.717, 1.165) is 6.42 Å². The summed E-state index contributed by atoms with van der Waals surface area (Å²) in [5.74, 6) is 0.412. The van der Waals surface area contributed by atoms with Crippen LogP contribution in [0.15, 0.2) is 24.3 Å². The lowest BCUT2D eigenvalue weighted by atomic mass is 9.92. The quantitative estimate of drug-likeness (QED) is 0.781. The van der Waals surface area contributed by atoms with Crippen molar-refractivity contribution in [2.24, 2.45) is 5.92 Å². The number of carbonyl (C=O) groups is 1. The van der Waals surface area contributed by atoms with Gasteiger partial charge in [-0.25, -0.2) is 0 Å². The molecule has 19 heavy (non-hydrogen) atoms. The van der Waals surface area contributed by atoms with Gasteiger partial charge in [0.1, 0.15) is 0 Å². The van der Waals surface area contributed by atoms with Crippen molar-refractivity contribution < 1.29 is 4.79 Å². The Hall–Kier alpha value is -1.15. The van der Waals surface area contributed by atoms with E-state index in [1.165, 1.54) is 11.1 Å². The number of likely N-dealkylation sites (N-methyl/N-ethyl adjacent to an activating group) is 1. The molecule has 1 aromatic rings. The zero-order valence-corrected chi connectivity index (χ0v) is 13.1. The van der Waals surface area contributed by atoms with Crippen LogP contribution in [0.4, 0.5) is 0 Å². The molecular weight excluding hydrogens is 234 g/mol. The van der Waals surface area contributed by atoms with Gasteiger partial charge in [0.05, 0.1) is 6.04 Å². The van der Waals surface area contributed by atoms with Crippen LogP contribution in [0.1, 0.15) is 38.8 Å². The van der Waals surface area contributed by atoms with E-state index in [1.54, 1.807) is 0 Å². The van der Waals surface area contributed by atoms with E-state index in [2.05, 4.69) is 43.9 Å². The zero-order valence-electron chi connectivity index (χ0n) is 13.1.